The van der Waals surface area contributed by atoms with Gasteiger partial charge < -0.3 is 4.98 Å². The molecule has 68 valence electrons. The lowest BCUT2D eigenvalue weighted by Gasteiger charge is -2.24. The largest absolute Gasteiger partial charge is 0.349 e. The van der Waals surface area contributed by atoms with Gasteiger partial charge in [-0.3, -0.25) is 0 Å². The number of rotatable bonds is 2. The lowest BCUT2D eigenvalue weighted by molar-refractivity contribution is 0.383. The quantitative estimate of drug-likeness (QED) is 0.707. The maximum atomic E-state index is 6.19. The van der Waals surface area contributed by atoms with E-state index >= 15 is 0 Å². The zero-order valence-electron chi connectivity index (χ0n) is 7.76. The lowest BCUT2D eigenvalue weighted by atomic mass is 9.90. The molecule has 0 aliphatic rings. The van der Waals surface area contributed by atoms with E-state index in [1.54, 1.807) is 6.20 Å². The number of aromatic amines is 1. The molecule has 1 aromatic heterocycles. The predicted octanol–water partition coefficient (Wildman–Crippen LogP) is 2.61. The Bertz CT molecular complexity index is 223. The van der Waals surface area contributed by atoms with Crippen LogP contribution in [0.4, 0.5) is 0 Å². The number of halogens is 1. The lowest BCUT2D eigenvalue weighted by Crippen LogP contribution is -2.23. The smallest absolute Gasteiger partial charge is 0.107 e. The third-order valence-electron chi connectivity index (χ3n) is 1.87. The molecule has 3 heteroatoms. The Hall–Kier alpha value is -0.500. The molecule has 0 bridgehead atoms. The third-order valence-corrected chi connectivity index (χ3v) is 2.68. The fraction of sp³-hybridized carbons (Fsp3) is 0.667. The van der Waals surface area contributed by atoms with E-state index in [0.717, 1.165) is 12.2 Å². The van der Waals surface area contributed by atoms with Crippen LogP contribution in [0.15, 0.2) is 12.4 Å². The van der Waals surface area contributed by atoms with E-state index < -0.39 is 0 Å². The number of H-pyrrole nitrogens is 1. The van der Waals surface area contributed by atoms with Crippen LogP contribution in [0, 0.1) is 5.41 Å². The Morgan fingerprint density at radius 3 is 2.67 bits per heavy atom. The van der Waals surface area contributed by atoms with Gasteiger partial charge in [0.05, 0.1) is 0 Å². The fourth-order valence-electron chi connectivity index (χ4n) is 0.886. The summed E-state index contributed by atoms with van der Waals surface area (Å²) in [6, 6.07) is 0. The average molecular weight is 187 g/mol. The molecule has 0 spiro atoms. The van der Waals surface area contributed by atoms with Gasteiger partial charge in [-0.25, -0.2) is 4.98 Å². The van der Waals surface area contributed by atoms with Crippen LogP contribution in [0.5, 0.6) is 0 Å². The third kappa shape index (κ3) is 2.52. The van der Waals surface area contributed by atoms with Crippen molar-refractivity contribution in [1.29, 1.82) is 0 Å². The fourth-order valence-corrected chi connectivity index (χ4v) is 1.03. The summed E-state index contributed by atoms with van der Waals surface area (Å²) in [4.78, 5) is 7.17. The molecular formula is C9H15ClN2. The van der Waals surface area contributed by atoms with E-state index in [1.165, 1.54) is 0 Å². The van der Waals surface area contributed by atoms with E-state index in [4.69, 9.17) is 11.6 Å². The SMILES string of the molecule is CC(C)(C)C(Cl)Cc1ncc[nH]1. The van der Waals surface area contributed by atoms with Gasteiger partial charge in [-0.2, -0.15) is 0 Å². The Balaban J connectivity index is 2.53. The van der Waals surface area contributed by atoms with Crippen molar-refractivity contribution < 1.29 is 0 Å². The van der Waals surface area contributed by atoms with E-state index in [2.05, 4.69) is 30.7 Å². The molecule has 1 rings (SSSR count). The molecule has 0 saturated heterocycles. The van der Waals surface area contributed by atoms with Gasteiger partial charge in [0.1, 0.15) is 5.82 Å². The van der Waals surface area contributed by atoms with Crippen molar-refractivity contribution in [3.05, 3.63) is 18.2 Å². The number of nitrogens with one attached hydrogen (secondary N) is 1. The minimum atomic E-state index is 0.128. The zero-order valence-corrected chi connectivity index (χ0v) is 8.52. The first-order chi connectivity index (χ1) is 5.50. The Kier molecular flexibility index (Phi) is 2.78. The maximum Gasteiger partial charge on any atom is 0.107 e. The van der Waals surface area contributed by atoms with Crippen molar-refractivity contribution in [1.82, 2.24) is 9.97 Å². The minimum Gasteiger partial charge on any atom is -0.349 e. The molecule has 0 radical (unpaired) electrons. The van der Waals surface area contributed by atoms with E-state index in [1.807, 2.05) is 6.20 Å². The van der Waals surface area contributed by atoms with Crippen molar-refractivity contribution in [3.8, 4) is 0 Å². The molecule has 1 heterocycles. The molecule has 2 nitrogen and oxygen atoms in total. The summed E-state index contributed by atoms with van der Waals surface area (Å²) in [5.74, 6) is 0.963. The van der Waals surface area contributed by atoms with Crippen LogP contribution in [-0.2, 0) is 6.42 Å². The summed E-state index contributed by atoms with van der Waals surface area (Å²) in [5.41, 5.74) is 0.133. The number of aromatic nitrogens is 2. The summed E-state index contributed by atoms with van der Waals surface area (Å²) in [7, 11) is 0. The first kappa shape index (κ1) is 9.59. The van der Waals surface area contributed by atoms with Crippen molar-refractivity contribution >= 4 is 11.6 Å². The van der Waals surface area contributed by atoms with E-state index in [0.29, 0.717) is 0 Å². The predicted molar refractivity (Wildman–Crippen MR) is 51.4 cm³/mol. The zero-order chi connectivity index (χ0) is 9.19. The molecule has 0 fully saturated rings. The van der Waals surface area contributed by atoms with Gasteiger partial charge in [0.15, 0.2) is 0 Å². The van der Waals surface area contributed by atoms with E-state index in [-0.39, 0.29) is 10.8 Å². The first-order valence-corrected chi connectivity index (χ1v) is 4.56. The Morgan fingerprint density at radius 2 is 2.25 bits per heavy atom. The molecule has 1 N–H and O–H groups in total. The monoisotopic (exact) mass is 186 g/mol. The topological polar surface area (TPSA) is 28.7 Å². The Labute approximate surface area is 78.4 Å². The molecule has 0 aliphatic carbocycles. The van der Waals surface area contributed by atoms with Crippen LogP contribution in [0.2, 0.25) is 0 Å². The average Bonchev–Trinajstić information content (AvgIpc) is 2.37. The van der Waals surface area contributed by atoms with E-state index in [9.17, 15) is 0 Å². The summed E-state index contributed by atoms with van der Waals surface area (Å²) < 4.78 is 0. The highest BCUT2D eigenvalue weighted by atomic mass is 35.5. The van der Waals surface area contributed by atoms with Gasteiger partial charge in [-0.1, -0.05) is 20.8 Å². The van der Waals surface area contributed by atoms with Crippen LogP contribution in [0.3, 0.4) is 0 Å². The van der Waals surface area contributed by atoms with Gasteiger partial charge in [0.2, 0.25) is 0 Å². The molecule has 12 heavy (non-hydrogen) atoms. The molecule has 1 atom stereocenters. The van der Waals surface area contributed by atoms with Crippen molar-refractivity contribution in [2.24, 2.45) is 5.41 Å². The molecule has 0 saturated carbocycles. The van der Waals surface area contributed by atoms with Gasteiger partial charge in [0, 0.05) is 24.2 Å². The summed E-state index contributed by atoms with van der Waals surface area (Å²) in [6.45, 7) is 6.40. The van der Waals surface area contributed by atoms with Crippen molar-refractivity contribution in [3.63, 3.8) is 0 Å². The van der Waals surface area contributed by atoms with Crippen LogP contribution in [0.1, 0.15) is 26.6 Å². The highest BCUT2D eigenvalue weighted by molar-refractivity contribution is 6.21. The Morgan fingerprint density at radius 1 is 1.58 bits per heavy atom. The van der Waals surface area contributed by atoms with Gasteiger partial charge in [0.25, 0.3) is 0 Å². The first-order valence-electron chi connectivity index (χ1n) is 4.12. The van der Waals surface area contributed by atoms with Crippen LogP contribution < -0.4 is 0 Å². The van der Waals surface area contributed by atoms with Crippen LogP contribution >= 0.6 is 11.6 Å². The van der Waals surface area contributed by atoms with Gasteiger partial charge in [-0.05, 0) is 5.41 Å². The second kappa shape index (κ2) is 3.48. The highest BCUT2D eigenvalue weighted by Crippen LogP contribution is 2.26. The van der Waals surface area contributed by atoms with Crippen molar-refractivity contribution in [2.45, 2.75) is 32.6 Å². The normalized spacial score (nSPS) is 14.7. The number of hydrogen-bond acceptors (Lipinski definition) is 1. The molecule has 0 aromatic carbocycles. The number of nitrogens with zero attached hydrogens (tertiary/aromatic N) is 1. The molecule has 1 aromatic rings. The summed E-state index contributed by atoms with van der Waals surface area (Å²) in [6.07, 6.45) is 4.38. The molecule has 1 unspecified atom stereocenters. The van der Waals surface area contributed by atoms with Crippen molar-refractivity contribution in [2.75, 3.05) is 0 Å². The van der Waals surface area contributed by atoms with Crippen LogP contribution in [-0.4, -0.2) is 15.3 Å². The molecular weight excluding hydrogens is 172 g/mol. The summed E-state index contributed by atoms with van der Waals surface area (Å²) in [5, 5.41) is 0.128. The highest BCUT2D eigenvalue weighted by Gasteiger charge is 2.22. The number of alkyl halides is 1. The number of imidazole rings is 1. The maximum absolute atomic E-state index is 6.19. The second-order valence-corrected chi connectivity index (χ2v) is 4.60. The second-order valence-electron chi connectivity index (χ2n) is 4.07. The van der Waals surface area contributed by atoms with Gasteiger partial charge >= 0.3 is 0 Å². The standard InChI is InChI=1S/C9H15ClN2/c1-9(2,3)7(10)6-8-11-4-5-12-8/h4-5,7H,6H2,1-3H3,(H,11,12). The number of hydrogen-bond donors (Lipinski definition) is 1. The summed E-state index contributed by atoms with van der Waals surface area (Å²) >= 11 is 6.19. The molecule has 0 amide bonds. The minimum absolute atomic E-state index is 0.128. The van der Waals surface area contributed by atoms with Crippen LogP contribution in [0.25, 0.3) is 0 Å². The van der Waals surface area contributed by atoms with Gasteiger partial charge in [-0.15, -0.1) is 11.6 Å². The molecule has 0 aliphatic heterocycles.